The van der Waals surface area contributed by atoms with Crippen LogP contribution in [0.25, 0.3) is 10.9 Å². The predicted octanol–water partition coefficient (Wildman–Crippen LogP) is 2.27. The van der Waals surface area contributed by atoms with Crippen LogP contribution in [0, 0.1) is 6.92 Å². The fraction of sp³-hybridized carbons (Fsp3) is 0.308. The monoisotopic (exact) mass is 230 g/mol. The van der Waals surface area contributed by atoms with Crippen molar-refractivity contribution < 1.29 is 9.53 Å². The number of ether oxygens (including phenoxy) is 1. The molecule has 1 saturated heterocycles. The van der Waals surface area contributed by atoms with Crippen molar-refractivity contribution >= 4 is 17.0 Å². The van der Waals surface area contributed by atoms with Gasteiger partial charge >= 0.3 is 6.09 Å². The van der Waals surface area contributed by atoms with Crippen LogP contribution in [0.1, 0.15) is 17.3 Å². The normalized spacial score (nSPS) is 19.4. The zero-order valence-corrected chi connectivity index (χ0v) is 9.86. The Labute approximate surface area is 99.2 Å². The number of amides is 1. The van der Waals surface area contributed by atoms with Crippen LogP contribution in [0.4, 0.5) is 4.79 Å². The van der Waals surface area contributed by atoms with Gasteiger partial charge in [0.1, 0.15) is 6.61 Å². The van der Waals surface area contributed by atoms with Crippen LogP contribution >= 0.6 is 0 Å². The highest BCUT2D eigenvalue weighted by molar-refractivity contribution is 5.87. The number of carbonyl (C=O) groups is 1. The average Bonchev–Trinajstić information content (AvgIpc) is 2.84. The molecule has 1 aromatic heterocycles. The third-order valence-electron chi connectivity index (χ3n) is 3.47. The summed E-state index contributed by atoms with van der Waals surface area (Å²) in [4.78, 5) is 11.1. The Morgan fingerprint density at radius 2 is 2.18 bits per heavy atom. The minimum atomic E-state index is -0.331. The summed E-state index contributed by atoms with van der Waals surface area (Å²) in [5, 5.41) is 4.03. The zero-order chi connectivity index (χ0) is 12.0. The number of fused-ring (bicyclic) bond motifs is 1. The van der Waals surface area contributed by atoms with Crippen molar-refractivity contribution in [3.05, 3.63) is 35.5 Å². The number of para-hydroxylation sites is 1. The molecule has 4 heteroatoms. The summed E-state index contributed by atoms with van der Waals surface area (Å²) < 4.78 is 7.12. The summed E-state index contributed by atoms with van der Waals surface area (Å²) in [5.41, 5.74) is 3.51. The molecule has 0 bridgehead atoms. The minimum Gasteiger partial charge on any atom is -0.447 e. The summed E-state index contributed by atoms with van der Waals surface area (Å²) in [6, 6.07) is 8.18. The van der Waals surface area contributed by atoms with Gasteiger partial charge in [0.2, 0.25) is 0 Å². The first-order chi connectivity index (χ1) is 8.18. The molecule has 88 valence electrons. The molecular formula is C13H14N2O2. The Bertz CT molecular complexity index is 601. The van der Waals surface area contributed by atoms with E-state index in [2.05, 4.69) is 28.9 Å². The first-order valence-corrected chi connectivity index (χ1v) is 5.65. The third-order valence-corrected chi connectivity index (χ3v) is 3.47. The molecule has 2 aromatic rings. The molecule has 3 rings (SSSR count). The van der Waals surface area contributed by atoms with Gasteiger partial charge in [0, 0.05) is 29.2 Å². The van der Waals surface area contributed by atoms with Gasteiger partial charge in [-0.2, -0.15) is 0 Å². The molecule has 1 atom stereocenters. The van der Waals surface area contributed by atoms with Crippen molar-refractivity contribution in [2.45, 2.75) is 13.0 Å². The lowest BCUT2D eigenvalue weighted by molar-refractivity contribution is 0.177. The summed E-state index contributed by atoms with van der Waals surface area (Å²) in [6.45, 7) is 2.48. The van der Waals surface area contributed by atoms with Crippen molar-refractivity contribution in [1.82, 2.24) is 9.88 Å². The maximum absolute atomic E-state index is 11.1. The molecule has 17 heavy (non-hydrogen) atoms. The van der Waals surface area contributed by atoms with Gasteiger partial charge in [-0.1, -0.05) is 18.2 Å². The van der Waals surface area contributed by atoms with Crippen molar-refractivity contribution in [1.29, 1.82) is 0 Å². The number of nitrogens with zero attached hydrogens (tertiary/aromatic N) is 1. The Kier molecular flexibility index (Phi) is 2.11. The SMILES string of the molecule is Cc1c(C2COC(=O)N2)c2ccccc2n1C. The molecule has 0 aliphatic carbocycles. The number of benzene rings is 1. The number of cyclic esters (lactones) is 1. The van der Waals surface area contributed by atoms with Crippen LogP contribution in [-0.2, 0) is 11.8 Å². The lowest BCUT2D eigenvalue weighted by atomic mass is 10.0. The molecule has 0 spiro atoms. The average molecular weight is 230 g/mol. The van der Waals surface area contributed by atoms with Gasteiger partial charge in [0.15, 0.2) is 0 Å². The van der Waals surface area contributed by atoms with E-state index in [4.69, 9.17) is 4.74 Å². The number of alkyl carbamates (subject to hydrolysis) is 1. The summed E-state index contributed by atoms with van der Waals surface area (Å²) >= 11 is 0. The van der Waals surface area contributed by atoms with E-state index in [1.807, 2.05) is 19.2 Å². The highest BCUT2D eigenvalue weighted by atomic mass is 16.6. The Balaban J connectivity index is 2.22. The smallest absolute Gasteiger partial charge is 0.407 e. The van der Waals surface area contributed by atoms with E-state index in [0.29, 0.717) is 6.61 Å². The van der Waals surface area contributed by atoms with Gasteiger partial charge in [0.05, 0.1) is 6.04 Å². The van der Waals surface area contributed by atoms with Crippen molar-refractivity contribution in [3.8, 4) is 0 Å². The molecule has 0 saturated carbocycles. The summed E-state index contributed by atoms with van der Waals surface area (Å²) in [5.74, 6) is 0. The number of rotatable bonds is 1. The second-order valence-corrected chi connectivity index (χ2v) is 4.37. The van der Waals surface area contributed by atoms with Crippen LogP contribution < -0.4 is 5.32 Å². The van der Waals surface area contributed by atoms with E-state index in [1.54, 1.807) is 0 Å². The van der Waals surface area contributed by atoms with E-state index >= 15 is 0 Å². The van der Waals surface area contributed by atoms with Crippen LogP contribution in [0.3, 0.4) is 0 Å². The third kappa shape index (κ3) is 1.40. The van der Waals surface area contributed by atoms with E-state index in [0.717, 1.165) is 5.56 Å². The van der Waals surface area contributed by atoms with Crippen molar-refractivity contribution in [2.24, 2.45) is 7.05 Å². The Morgan fingerprint density at radius 1 is 1.41 bits per heavy atom. The number of hydrogen-bond donors (Lipinski definition) is 1. The van der Waals surface area contributed by atoms with Gasteiger partial charge < -0.3 is 14.6 Å². The van der Waals surface area contributed by atoms with Gasteiger partial charge in [0.25, 0.3) is 0 Å². The van der Waals surface area contributed by atoms with Crippen molar-refractivity contribution in [3.63, 3.8) is 0 Å². The minimum absolute atomic E-state index is 0.0337. The summed E-state index contributed by atoms with van der Waals surface area (Å²) in [6.07, 6.45) is -0.331. The zero-order valence-electron chi connectivity index (χ0n) is 9.86. The molecule has 4 nitrogen and oxygen atoms in total. The largest absolute Gasteiger partial charge is 0.447 e. The highest BCUT2D eigenvalue weighted by Crippen LogP contribution is 2.31. The van der Waals surface area contributed by atoms with E-state index < -0.39 is 0 Å². The summed E-state index contributed by atoms with van der Waals surface area (Å²) in [7, 11) is 2.04. The molecule has 2 heterocycles. The fourth-order valence-electron chi connectivity index (χ4n) is 2.53. The number of aryl methyl sites for hydroxylation is 1. The molecule has 1 unspecified atom stereocenters. The van der Waals surface area contributed by atoms with Gasteiger partial charge in [-0.15, -0.1) is 0 Å². The molecular weight excluding hydrogens is 216 g/mol. The number of aromatic nitrogens is 1. The number of nitrogens with one attached hydrogen (secondary N) is 1. The van der Waals surface area contributed by atoms with E-state index in [9.17, 15) is 4.79 Å². The predicted molar refractivity (Wildman–Crippen MR) is 64.9 cm³/mol. The first-order valence-electron chi connectivity index (χ1n) is 5.65. The first kappa shape index (κ1) is 10.2. The van der Waals surface area contributed by atoms with Crippen molar-refractivity contribution in [2.75, 3.05) is 6.61 Å². The lowest BCUT2D eigenvalue weighted by Crippen LogP contribution is -2.19. The second kappa shape index (κ2) is 3.52. The van der Waals surface area contributed by atoms with Crippen LogP contribution in [-0.4, -0.2) is 17.3 Å². The molecule has 1 amide bonds. The molecule has 0 radical (unpaired) electrons. The highest BCUT2D eigenvalue weighted by Gasteiger charge is 2.28. The van der Waals surface area contributed by atoms with Gasteiger partial charge in [-0.25, -0.2) is 4.79 Å². The maximum atomic E-state index is 11.1. The molecule has 1 aromatic carbocycles. The number of carbonyl (C=O) groups excluding carboxylic acids is 1. The van der Waals surface area contributed by atoms with E-state index in [-0.39, 0.29) is 12.1 Å². The lowest BCUT2D eigenvalue weighted by Gasteiger charge is -2.08. The Morgan fingerprint density at radius 3 is 2.88 bits per heavy atom. The standard InChI is InChI=1S/C13H14N2O2/c1-8-12(10-7-17-13(16)14-10)9-5-3-4-6-11(9)15(8)2/h3-6,10H,7H2,1-2H3,(H,14,16). The maximum Gasteiger partial charge on any atom is 0.407 e. The van der Waals surface area contributed by atoms with Crippen LogP contribution in [0.2, 0.25) is 0 Å². The van der Waals surface area contributed by atoms with Gasteiger partial charge in [-0.05, 0) is 13.0 Å². The van der Waals surface area contributed by atoms with Crippen LogP contribution in [0.15, 0.2) is 24.3 Å². The number of hydrogen-bond acceptors (Lipinski definition) is 2. The molecule has 1 aliphatic rings. The van der Waals surface area contributed by atoms with Crippen LogP contribution in [0.5, 0.6) is 0 Å². The van der Waals surface area contributed by atoms with E-state index in [1.165, 1.54) is 16.6 Å². The molecule has 1 fully saturated rings. The quantitative estimate of drug-likeness (QED) is 0.816. The van der Waals surface area contributed by atoms with Gasteiger partial charge in [-0.3, -0.25) is 0 Å². The second-order valence-electron chi connectivity index (χ2n) is 4.37. The molecule has 1 N–H and O–H groups in total. The fourth-order valence-corrected chi connectivity index (χ4v) is 2.53. The molecule has 1 aliphatic heterocycles. The Hall–Kier alpha value is -1.97. The topological polar surface area (TPSA) is 43.3 Å².